The Hall–Kier alpha value is -3.94. The molecule has 0 spiro atoms. The first-order chi connectivity index (χ1) is 14.5. The van der Waals surface area contributed by atoms with Crippen molar-refractivity contribution in [2.75, 3.05) is 7.11 Å². The fourth-order valence-electron chi connectivity index (χ4n) is 2.92. The highest BCUT2D eigenvalue weighted by molar-refractivity contribution is 5.83. The Kier molecular flexibility index (Phi) is 6.59. The summed E-state index contributed by atoms with van der Waals surface area (Å²) in [5.74, 6) is -1.14. The van der Waals surface area contributed by atoms with Crippen molar-refractivity contribution >= 4 is 11.9 Å². The third-order valence-corrected chi connectivity index (χ3v) is 4.44. The molecule has 1 aromatic heterocycles. The second kappa shape index (κ2) is 9.51. The van der Waals surface area contributed by atoms with Crippen LogP contribution in [0.1, 0.15) is 5.56 Å². The molecule has 0 saturated carbocycles. The molecule has 0 unspecified atom stereocenters. The van der Waals surface area contributed by atoms with Crippen molar-refractivity contribution in [2.24, 2.45) is 0 Å². The molecule has 0 aliphatic rings. The van der Waals surface area contributed by atoms with Gasteiger partial charge in [-0.3, -0.25) is 9.59 Å². The van der Waals surface area contributed by atoms with Crippen LogP contribution in [0.2, 0.25) is 0 Å². The van der Waals surface area contributed by atoms with Crippen molar-refractivity contribution in [2.45, 2.75) is 19.0 Å². The number of carboxylic acid groups (broad SMARTS) is 1. The molecule has 8 nitrogen and oxygen atoms in total. The number of hydrogen-bond acceptors (Lipinski definition) is 5. The first-order valence-electron chi connectivity index (χ1n) is 9.25. The summed E-state index contributed by atoms with van der Waals surface area (Å²) in [6, 6.07) is 17.9. The minimum Gasteiger partial charge on any atom is -0.497 e. The Morgan fingerprint density at radius 2 is 1.87 bits per heavy atom. The van der Waals surface area contributed by atoms with Gasteiger partial charge in [-0.15, -0.1) is 0 Å². The molecule has 3 rings (SSSR count). The fourth-order valence-corrected chi connectivity index (χ4v) is 2.92. The second-order valence-corrected chi connectivity index (χ2v) is 6.59. The number of benzene rings is 2. The van der Waals surface area contributed by atoms with E-state index in [9.17, 15) is 19.5 Å². The van der Waals surface area contributed by atoms with Gasteiger partial charge >= 0.3 is 5.97 Å². The summed E-state index contributed by atoms with van der Waals surface area (Å²) < 4.78 is 6.20. The van der Waals surface area contributed by atoms with Gasteiger partial charge in [0.1, 0.15) is 18.3 Å². The lowest BCUT2D eigenvalue weighted by Gasteiger charge is -2.15. The smallest absolute Gasteiger partial charge is 0.326 e. The topological polar surface area (TPSA) is 111 Å². The molecule has 0 aliphatic heterocycles. The Morgan fingerprint density at radius 3 is 2.57 bits per heavy atom. The van der Waals surface area contributed by atoms with Crippen LogP contribution in [0, 0.1) is 0 Å². The van der Waals surface area contributed by atoms with Gasteiger partial charge in [-0.05, 0) is 23.8 Å². The third kappa shape index (κ3) is 5.32. The van der Waals surface area contributed by atoms with Crippen LogP contribution in [0.4, 0.5) is 0 Å². The first-order valence-corrected chi connectivity index (χ1v) is 9.25. The lowest BCUT2D eigenvalue weighted by atomic mass is 10.1. The van der Waals surface area contributed by atoms with Crippen LogP contribution in [-0.2, 0) is 22.6 Å². The van der Waals surface area contributed by atoms with Gasteiger partial charge in [0, 0.05) is 18.1 Å². The Balaban J connectivity index is 1.75. The Bertz CT molecular complexity index is 1100. The number of nitrogens with one attached hydrogen (secondary N) is 1. The summed E-state index contributed by atoms with van der Waals surface area (Å²) in [7, 11) is 1.55. The maximum atomic E-state index is 12.4. The van der Waals surface area contributed by atoms with Crippen molar-refractivity contribution in [3.8, 4) is 17.0 Å². The van der Waals surface area contributed by atoms with Crippen molar-refractivity contribution in [3.63, 3.8) is 0 Å². The molecule has 2 aromatic carbocycles. The van der Waals surface area contributed by atoms with E-state index >= 15 is 0 Å². The predicted molar refractivity (Wildman–Crippen MR) is 110 cm³/mol. The number of carbonyl (C=O) groups excluding carboxylic acids is 1. The summed E-state index contributed by atoms with van der Waals surface area (Å²) in [5, 5.41) is 16.1. The Morgan fingerprint density at radius 1 is 1.10 bits per heavy atom. The van der Waals surface area contributed by atoms with Gasteiger partial charge in [-0.25, -0.2) is 9.48 Å². The Labute approximate surface area is 172 Å². The van der Waals surface area contributed by atoms with E-state index in [2.05, 4.69) is 10.4 Å². The molecule has 1 heterocycles. The molecular weight excluding hydrogens is 386 g/mol. The van der Waals surface area contributed by atoms with Crippen LogP contribution in [0.25, 0.3) is 11.3 Å². The number of carbonyl (C=O) groups is 2. The molecule has 2 N–H and O–H groups in total. The number of aliphatic carboxylic acids is 1. The number of hydrogen-bond donors (Lipinski definition) is 2. The highest BCUT2D eigenvalue weighted by Crippen LogP contribution is 2.21. The molecule has 8 heteroatoms. The molecule has 1 amide bonds. The zero-order valence-corrected chi connectivity index (χ0v) is 16.3. The van der Waals surface area contributed by atoms with E-state index in [1.165, 1.54) is 6.07 Å². The highest BCUT2D eigenvalue weighted by atomic mass is 16.5. The average Bonchev–Trinajstić information content (AvgIpc) is 2.75. The monoisotopic (exact) mass is 407 g/mol. The average molecular weight is 407 g/mol. The van der Waals surface area contributed by atoms with Gasteiger partial charge < -0.3 is 15.2 Å². The number of methoxy groups -OCH3 is 1. The molecule has 0 fully saturated rings. The summed E-state index contributed by atoms with van der Waals surface area (Å²) in [6.07, 6.45) is 0.133. The summed E-state index contributed by atoms with van der Waals surface area (Å²) in [4.78, 5) is 36.1. The van der Waals surface area contributed by atoms with E-state index in [-0.39, 0.29) is 6.42 Å². The normalized spacial score (nSPS) is 11.5. The minimum atomic E-state index is -1.15. The van der Waals surface area contributed by atoms with Crippen molar-refractivity contribution in [1.82, 2.24) is 15.1 Å². The summed E-state index contributed by atoms with van der Waals surface area (Å²) in [5.41, 5.74) is 1.52. The minimum absolute atomic E-state index is 0.133. The van der Waals surface area contributed by atoms with E-state index in [1.54, 1.807) is 61.7 Å². The number of aromatic nitrogens is 2. The standard InChI is InChI=1S/C22H21N3O5/c1-30-17-9-5-8-16(13-17)18-10-11-21(27)25(24-18)14-20(26)23-19(22(28)29)12-15-6-3-2-4-7-15/h2-11,13,19H,12,14H2,1H3,(H,23,26)(H,28,29)/t19-/m0/s1. The van der Waals surface area contributed by atoms with Crippen LogP contribution in [0.5, 0.6) is 5.75 Å². The number of carboxylic acids is 1. The maximum Gasteiger partial charge on any atom is 0.326 e. The van der Waals surface area contributed by atoms with Gasteiger partial charge in [-0.1, -0.05) is 42.5 Å². The van der Waals surface area contributed by atoms with Gasteiger partial charge in [0.15, 0.2) is 0 Å². The predicted octanol–water partition coefficient (Wildman–Crippen LogP) is 1.73. The highest BCUT2D eigenvalue weighted by Gasteiger charge is 2.21. The summed E-state index contributed by atoms with van der Waals surface area (Å²) in [6.45, 7) is -0.394. The molecule has 1 atom stereocenters. The second-order valence-electron chi connectivity index (χ2n) is 6.59. The van der Waals surface area contributed by atoms with Crippen molar-refractivity contribution in [3.05, 3.63) is 82.6 Å². The fraction of sp³-hybridized carbons (Fsp3) is 0.182. The molecule has 3 aromatic rings. The van der Waals surface area contributed by atoms with Gasteiger partial charge in [0.2, 0.25) is 5.91 Å². The van der Waals surface area contributed by atoms with Crippen LogP contribution in [-0.4, -0.2) is 39.9 Å². The largest absolute Gasteiger partial charge is 0.497 e. The SMILES string of the molecule is COc1cccc(-c2ccc(=O)n(CC(=O)N[C@@H](Cc3ccccc3)C(=O)O)n2)c1. The van der Waals surface area contributed by atoms with E-state index in [0.29, 0.717) is 11.4 Å². The van der Waals surface area contributed by atoms with E-state index in [0.717, 1.165) is 15.8 Å². The van der Waals surface area contributed by atoms with Gasteiger partial charge in [0.25, 0.3) is 5.56 Å². The van der Waals surface area contributed by atoms with Crippen LogP contribution in [0.15, 0.2) is 71.5 Å². The van der Waals surface area contributed by atoms with Gasteiger partial charge in [-0.2, -0.15) is 5.10 Å². The molecule has 0 saturated heterocycles. The van der Waals surface area contributed by atoms with E-state index in [4.69, 9.17) is 4.74 Å². The molecule has 30 heavy (non-hydrogen) atoms. The zero-order valence-electron chi connectivity index (χ0n) is 16.3. The van der Waals surface area contributed by atoms with E-state index < -0.39 is 30.0 Å². The number of amides is 1. The maximum absolute atomic E-state index is 12.4. The number of ether oxygens (including phenoxy) is 1. The zero-order chi connectivity index (χ0) is 21.5. The molecule has 0 bridgehead atoms. The first kappa shape index (κ1) is 20.8. The summed E-state index contributed by atoms with van der Waals surface area (Å²) >= 11 is 0. The number of nitrogens with zero attached hydrogens (tertiary/aromatic N) is 2. The quantitative estimate of drug-likeness (QED) is 0.588. The van der Waals surface area contributed by atoms with Crippen molar-refractivity contribution in [1.29, 1.82) is 0 Å². The lowest BCUT2D eigenvalue weighted by Crippen LogP contribution is -2.44. The van der Waals surface area contributed by atoms with Crippen LogP contribution < -0.4 is 15.6 Å². The van der Waals surface area contributed by atoms with Crippen molar-refractivity contribution < 1.29 is 19.4 Å². The van der Waals surface area contributed by atoms with E-state index in [1.807, 2.05) is 6.07 Å². The lowest BCUT2D eigenvalue weighted by molar-refractivity contribution is -0.141. The molecule has 0 aliphatic carbocycles. The molecular formula is C22H21N3O5. The number of rotatable bonds is 8. The van der Waals surface area contributed by atoms with Crippen LogP contribution >= 0.6 is 0 Å². The van der Waals surface area contributed by atoms with Gasteiger partial charge in [0.05, 0.1) is 12.8 Å². The molecule has 0 radical (unpaired) electrons. The third-order valence-electron chi connectivity index (χ3n) is 4.44. The van der Waals surface area contributed by atoms with Crippen LogP contribution in [0.3, 0.4) is 0 Å². The molecule has 154 valence electrons.